The van der Waals surface area contributed by atoms with Crippen LogP contribution in [-0.4, -0.2) is 27.0 Å². The minimum absolute atomic E-state index is 0.706. The number of hydrogen-bond donors (Lipinski definition) is 0. The second-order valence-electron chi connectivity index (χ2n) is 5.00. The first-order chi connectivity index (χ1) is 11.2. The number of nitrogens with zero attached hydrogens (tertiary/aromatic N) is 4. The van der Waals surface area contributed by atoms with Crippen LogP contribution >= 0.6 is 11.8 Å². The minimum atomic E-state index is 0.706. The van der Waals surface area contributed by atoms with Gasteiger partial charge in [-0.2, -0.15) is 0 Å². The van der Waals surface area contributed by atoms with E-state index in [1.54, 1.807) is 18.9 Å². The van der Waals surface area contributed by atoms with Crippen LogP contribution in [0, 0.1) is 6.92 Å². The molecule has 0 aliphatic heterocycles. The molecule has 0 saturated carbocycles. The molecule has 120 valence electrons. The molecule has 0 fully saturated rings. The van der Waals surface area contributed by atoms with Crippen molar-refractivity contribution in [2.75, 3.05) is 7.11 Å². The predicted octanol–water partition coefficient (Wildman–Crippen LogP) is 3.56. The van der Waals surface area contributed by atoms with Gasteiger partial charge in [-0.05, 0) is 38.1 Å². The topological polar surface area (TPSA) is 66.0 Å². The molecule has 0 spiro atoms. The Morgan fingerprint density at radius 1 is 1.22 bits per heavy atom. The fourth-order valence-corrected chi connectivity index (χ4v) is 3.14. The van der Waals surface area contributed by atoms with Crippen LogP contribution in [0.1, 0.15) is 18.4 Å². The van der Waals surface area contributed by atoms with E-state index in [0.717, 1.165) is 40.3 Å². The zero-order chi connectivity index (χ0) is 16.2. The Bertz CT molecular complexity index is 780. The molecule has 1 aromatic carbocycles. The van der Waals surface area contributed by atoms with Gasteiger partial charge in [0.1, 0.15) is 11.5 Å². The van der Waals surface area contributed by atoms with E-state index in [9.17, 15) is 0 Å². The molecule has 0 atom stereocenters. The van der Waals surface area contributed by atoms with Gasteiger partial charge in [-0.25, -0.2) is 0 Å². The summed E-state index contributed by atoms with van der Waals surface area (Å²) < 4.78 is 12.4. The van der Waals surface area contributed by atoms with E-state index >= 15 is 0 Å². The first-order valence-electron chi connectivity index (χ1n) is 7.34. The molecule has 0 unspecified atom stereocenters. The summed E-state index contributed by atoms with van der Waals surface area (Å²) in [5.74, 6) is 3.20. The number of benzene rings is 1. The maximum Gasteiger partial charge on any atom is 0.191 e. The summed E-state index contributed by atoms with van der Waals surface area (Å²) in [6, 6.07) is 9.77. The number of aryl methyl sites for hydroxylation is 1. The lowest BCUT2D eigenvalue weighted by molar-refractivity contribution is 0.393. The van der Waals surface area contributed by atoms with Gasteiger partial charge in [0.15, 0.2) is 11.0 Å². The van der Waals surface area contributed by atoms with E-state index in [4.69, 9.17) is 9.26 Å². The Morgan fingerprint density at radius 3 is 2.61 bits per heavy atom. The van der Waals surface area contributed by atoms with E-state index in [1.165, 1.54) is 0 Å². The average Bonchev–Trinajstić information content (AvgIpc) is 3.18. The maximum atomic E-state index is 5.19. The van der Waals surface area contributed by atoms with Crippen LogP contribution in [0.3, 0.4) is 0 Å². The summed E-state index contributed by atoms with van der Waals surface area (Å²) in [6.07, 6.45) is 0. The highest BCUT2D eigenvalue weighted by Crippen LogP contribution is 2.27. The maximum absolute atomic E-state index is 5.19. The molecule has 0 aliphatic carbocycles. The fourth-order valence-electron chi connectivity index (χ4n) is 2.26. The van der Waals surface area contributed by atoms with Crippen molar-refractivity contribution in [2.24, 2.45) is 0 Å². The van der Waals surface area contributed by atoms with Crippen LogP contribution in [0.4, 0.5) is 0 Å². The molecule has 3 rings (SSSR count). The lowest BCUT2D eigenvalue weighted by atomic mass is 10.2. The van der Waals surface area contributed by atoms with Crippen LogP contribution in [0.15, 0.2) is 40.0 Å². The van der Waals surface area contributed by atoms with Crippen molar-refractivity contribution < 1.29 is 9.26 Å². The molecule has 0 N–H and O–H groups in total. The molecule has 0 radical (unpaired) electrons. The number of thioether (sulfide) groups is 1. The summed E-state index contributed by atoms with van der Waals surface area (Å²) in [6.45, 7) is 4.77. The van der Waals surface area contributed by atoms with Gasteiger partial charge in [-0.15, -0.1) is 10.2 Å². The van der Waals surface area contributed by atoms with Gasteiger partial charge in [0, 0.05) is 23.9 Å². The SMILES string of the molecule is CCn1c(SCc2cc(C)on2)nnc1-c1ccc(OC)cc1. The number of hydrogen-bond acceptors (Lipinski definition) is 6. The third kappa shape index (κ3) is 3.39. The van der Waals surface area contributed by atoms with Crippen LogP contribution < -0.4 is 4.74 Å². The van der Waals surface area contributed by atoms with Crippen molar-refractivity contribution in [1.29, 1.82) is 0 Å². The van der Waals surface area contributed by atoms with Crippen molar-refractivity contribution >= 4 is 11.8 Å². The van der Waals surface area contributed by atoms with Gasteiger partial charge in [-0.1, -0.05) is 16.9 Å². The lowest BCUT2D eigenvalue weighted by Gasteiger charge is -2.07. The minimum Gasteiger partial charge on any atom is -0.497 e. The van der Waals surface area contributed by atoms with Gasteiger partial charge >= 0.3 is 0 Å². The number of ether oxygens (including phenoxy) is 1. The summed E-state index contributed by atoms with van der Waals surface area (Å²) in [5, 5.41) is 13.5. The Morgan fingerprint density at radius 2 is 2.00 bits per heavy atom. The fraction of sp³-hybridized carbons (Fsp3) is 0.312. The molecular formula is C16H18N4O2S. The quantitative estimate of drug-likeness (QED) is 0.644. The summed E-state index contributed by atoms with van der Waals surface area (Å²) in [7, 11) is 1.66. The smallest absolute Gasteiger partial charge is 0.191 e. The molecule has 6 nitrogen and oxygen atoms in total. The van der Waals surface area contributed by atoms with Gasteiger partial charge in [0.2, 0.25) is 0 Å². The number of rotatable bonds is 6. The molecule has 23 heavy (non-hydrogen) atoms. The lowest BCUT2D eigenvalue weighted by Crippen LogP contribution is -2.00. The second kappa shape index (κ2) is 6.87. The molecule has 0 aliphatic rings. The highest BCUT2D eigenvalue weighted by molar-refractivity contribution is 7.98. The van der Waals surface area contributed by atoms with Gasteiger partial charge < -0.3 is 13.8 Å². The molecule has 7 heteroatoms. The summed E-state index contributed by atoms with van der Waals surface area (Å²) in [5.41, 5.74) is 1.92. The summed E-state index contributed by atoms with van der Waals surface area (Å²) >= 11 is 1.60. The van der Waals surface area contributed by atoms with Crippen molar-refractivity contribution in [2.45, 2.75) is 31.3 Å². The van der Waals surface area contributed by atoms with Crippen molar-refractivity contribution in [1.82, 2.24) is 19.9 Å². The number of methoxy groups -OCH3 is 1. The van der Waals surface area contributed by atoms with Crippen LogP contribution in [0.25, 0.3) is 11.4 Å². The second-order valence-corrected chi connectivity index (χ2v) is 5.94. The molecule has 3 aromatic rings. The van der Waals surface area contributed by atoms with E-state index in [2.05, 4.69) is 26.8 Å². The third-order valence-electron chi connectivity index (χ3n) is 3.41. The molecule has 0 amide bonds. The first-order valence-corrected chi connectivity index (χ1v) is 8.32. The average molecular weight is 330 g/mol. The first kappa shape index (κ1) is 15.6. The Balaban J connectivity index is 1.81. The van der Waals surface area contributed by atoms with Gasteiger partial charge in [0.05, 0.1) is 12.8 Å². The Labute approximate surface area is 138 Å². The van der Waals surface area contributed by atoms with Crippen LogP contribution in [-0.2, 0) is 12.3 Å². The zero-order valence-electron chi connectivity index (χ0n) is 13.3. The van der Waals surface area contributed by atoms with Crippen molar-refractivity contribution in [3.05, 3.63) is 41.8 Å². The van der Waals surface area contributed by atoms with Crippen molar-refractivity contribution in [3.63, 3.8) is 0 Å². The van der Waals surface area contributed by atoms with Gasteiger partial charge in [0.25, 0.3) is 0 Å². The number of aromatic nitrogens is 4. The third-order valence-corrected chi connectivity index (χ3v) is 4.41. The summed E-state index contributed by atoms with van der Waals surface area (Å²) in [4.78, 5) is 0. The standard InChI is InChI=1S/C16H18N4O2S/c1-4-20-15(12-5-7-14(21-3)8-6-12)17-18-16(20)23-10-13-9-11(2)22-19-13/h5-9H,4,10H2,1-3H3. The Hall–Kier alpha value is -2.28. The predicted molar refractivity (Wildman–Crippen MR) is 88.5 cm³/mol. The molecule has 2 heterocycles. The van der Waals surface area contributed by atoms with Gasteiger partial charge in [-0.3, -0.25) is 0 Å². The monoisotopic (exact) mass is 330 g/mol. The largest absolute Gasteiger partial charge is 0.497 e. The highest BCUT2D eigenvalue weighted by Gasteiger charge is 2.14. The molecular weight excluding hydrogens is 312 g/mol. The zero-order valence-corrected chi connectivity index (χ0v) is 14.1. The van der Waals surface area contributed by atoms with E-state index in [0.29, 0.717) is 5.75 Å². The normalized spacial score (nSPS) is 10.9. The molecule has 2 aromatic heterocycles. The molecule has 0 saturated heterocycles. The molecule has 0 bridgehead atoms. The van der Waals surface area contributed by atoms with Crippen LogP contribution in [0.5, 0.6) is 5.75 Å². The van der Waals surface area contributed by atoms with Crippen molar-refractivity contribution in [3.8, 4) is 17.1 Å². The van der Waals surface area contributed by atoms with Crippen LogP contribution in [0.2, 0.25) is 0 Å². The van der Waals surface area contributed by atoms with E-state index in [-0.39, 0.29) is 0 Å². The Kier molecular flexibility index (Phi) is 4.66. The van der Waals surface area contributed by atoms with E-state index < -0.39 is 0 Å². The van der Waals surface area contributed by atoms with E-state index in [1.807, 2.05) is 37.3 Å². The highest BCUT2D eigenvalue weighted by atomic mass is 32.2.